The van der Waals surface area contributed by atoms with Gasteiger partial charge >= 0.3 is 5.97 Å². The van der Waals surface area contributed by atoms with Gasteiger partial charge in [-0.1, -0.05) is 13.8 Å². The van der Waals surface area contributed by atoms with Crippen LogP contribution in [0.1, 0.15) is 30.6 Å². The van der Waals surface area contributed by atoms with Crippen molar-refractivity contribution in [3.8, 4) is 5.75 Å². The van der Waals surface area contributed by atoms with Crippen LogP contribution >= 0.6 is 0 Å². The first-order valence-corrected chi connectivity index (χ1v) is 6.22. The number of rotatable bonds is 6. The maximum atomic E-state index is 13.7. The van der Waals surface area contributed by atoms with Crippen LogP contribution < -0.4 is 10.1 Å². The van der Waals surface area contributed by atoms with Crippen molar-refractivity contribution in [3.63, 3.8) is 0 Å². The highest BCUT2D eigenvalue weighted by Gasteiger charge is 2.23. The van der Waals surface area contributed by atoms with Gasteiger partial charge in [0.05, 0.1) is 12.7 Å². The van der Waals surface area contributed by atoms with Crippen molar-refractivity contribution in [3.05, 3.63) is 29.6 Å². The maximum Gasteiger partial charge on any atom is 0.326 e. The maximum absolute atomic E-state index is 13.7. The highest BCUT2D eigenvalue weighted by atomic mass is 19.1. The number of ether oxygens (including phenoxy) is 1. The summed E-state index contributed by atoms with van der Waals surface area (Å²) in [5, 5.41) is 11.4. The predicted octanol–water partition coefficient (Wildman–Crippen LogP) is 2.06. The predicted molar refractivity (Wildman–Crippen MR) is 71.3 cm³/mol. The first-order valence-electron chi connectivity index (χ1n) is 6.22. The van der Waals surface area contributed by atoms with Gasteiger partial charge < -0.3 is 15.2 Å². The molecule has 6 heteroatoms. The van der Waals surface area contributed by atoms with Gasteiger partial charge in [-0.2, -0.15) is 0 Å². The van der Waals surface area contributed by atoms with E-state index in [-0.39, 0.29) is 23.7 Å². The molecule has 1 aromatic carbocycles. The Morgan fingerprint density at radius 3 is 2.50 bits per heavy atom. The van der Waals surface area contributed by atoms with E-state index in [4.69, 9.17) is 9.84 Å². The number of benzene rings is 1. The molecule has 0 radical (unpaired) electrons. The summed E-state index contributed by atoms with van der Waals surface area (Å²) < 4.78 is 18.5. The molecular weight excluding hydrogens is 265 g/mol. The van der Waals surface area contributed by atoms with Crippen LogP contribution in [0.3, 0.4) is 0 Å². The molecule has 0 saturated heterocycles. The van der Waals surface area contributed by atoms with Gasteiger partial charge in [0.1, 0.15) is 17.6 Å². The summed E-state index contributed by atoms with van der Waals surface area (Å²) in [6.45, 7) is 3.69. The van der Waals surface area contributed by atoms with Gasteiger partial charge in [-0.25, -0.2) is 9.18 Å². The summed E-state index contributed by atoms with van der Waals surface area (Å²) in [6.07, 6.45) is 0.277. The Labute approximate surface area is 116 Å². The third kappa shape index (κ3) is 4.22. The molecule has 0 fully saturated rings. The van der Waals surface area contributed by atoms with Crippen molar-refractivity contribution >= 4 is 11.9 Å². The molecule has 0 spiro atoms. The fourth-order valence-electron chi connectivity index (χ4n) is 1.74. The Hall–Kier alpha value is -2.11. The summed E-state index contributed by atoms with van der Waals surface area (Å²) in [6, 6.07) is 2.74. The number of carboxylic acids is 1. The van der Waals surface area contributed by atoms with E-state index in [1.54, 1.807) is 0 Å². The number of carbonyl (C=O) groups excluding carboxylic acids is 1. The van der Waals surface area contributed by atoms with Gasteiger partial charge in [-0.3, -0.25) is 4.79 Å². The van der Waals surface area contributed by atoms with Crippen LogP contribution in [0.2, 0.25) is 0 Å². The molecule has 1 atom stereocenters. The molecule has 2 N–H and O–H groups in total. The zero-order valence-electron chi connectivity index (χ0n) is 11.6. The molecule has 1 amide bonds. The average Bonchev–Trinajstić information content (AvgIpc) is 2.36. The Kier molecular flexibility index (Phi) is 5.49. The molecule has 20 heavy (non-hydrogen) atoms. The van der Waals surface area contributed by atoms with Crippen molar-refractivity contribution in [2.24, 2.45) is 5.92 Å². The molecule has 0 aliphatic heterocycles. The Bertz CT molecular complexity index is 502. The van der Waals surface area contributed by atoms with Crippen LogP contribution in [0.25, 0.3) is 0 Å². The topological polar surface area (TPSA) is 75.6 Å². The van der Waals surface area contributed by atoms with E-state index in [2.05, 4.69) is 5.32 Å². The second-order valence-electron chi connectivity index (χ2n) is 4.84. The highest BCUT2D eigenvalue weighted by molar-refractivity contribution is 5.96. The number of carboxylic acid groups (broad SMARTS) is 1. The Morgan fingerprint density at radius 1 is 1.40 bits per heavy atom. The van der Waals surface area contributed by atoms with E-state index in [9.17, 15) is 14.0 Å². The lowest BCUT2D eigenvalue weighted by molar-refractivity contribution is -0.139. The lowest BCUT2D eigenvalue weighted by atomic mass is 10.0. The van der Waals surface area contributed by atoms with Gasteiger partial charge in [0.2, 0.25) is 0 Å². The first-order chi connectivity index (χ1) is 9.35. The molecule has 0 saturated carbocycles. The van der Waals surface area contributed by atoms with Gasteiger partial charge in [0.15, 0.2) is 0 Å². The molecule has 1 aromatic rings. The molecule has 5 nitrogen and oxygen atoms in total. The van der Waals surface area contributed by atoms with Crippen LogP contribution in [0.5, 0.6) is 5.75 Å². The minimum absolute atomic E-state index is 0.0946. The third-order valence-electron chi connectivity index (χ3n) is 2.73. The number of aliphatic carboxylic acids is 1. The van der Waals surface area contributed by atoms with E-state index >= 15 is 0 Å². The second kappa shape index (κ2) is 6.88. The van der Waals surface area contributed by atoms with Crippen LogP contribution in [0, 0.1) is 11.7 Å². The lowest BCUT2D eigenvalue weighted by Crippen LogP contribution is -2.41. The smallest absolute Gasteiger partial charge is 0.326 e. The number of hydrogen-bond donors (Lipinski definition) is 2. The van der Waals surface area contributed by atoms with Gasteiger partial charge in [0.25, 0.3) is 5.91 Å². The number of hydrogen-bond acceptors (Lipinski definition) is 3. The van der Waals surface area contributed by atoms with E-state index in [0.29, 0.717) is 0 Å². The molecule has 0 heterocycles. The van der Waals surface area contributed by atoms with Crippen molar-refractivity contribution in [1.29, 1.82) is 0 Å². The average molecular weight is 283 g/mol. The van der Waals surface area contributed by atoms with E-state index in [0.717, 1.165) is 6.07 Å². The Morgan fingerprint density at radius 2 is 2.05 bits per heavy atom. The van der Waals surface area contributed by atoms with E-state index in [1.807, 2.05) is 13.8 Å². The Balaban J connectivity index is 2.86. The standard InChI is InChI=1S/C14H18FNO4/c1-8(2)6-12(14(18)19)16-13(17)10-5-4-9(20-3)7-11(10)15/h4-5,7-8,12H,6H2,1-3H3,(H,16,17)(H,18,19)/t12-/m0/s1. The molecule has 0 bridgehead atoms. The van der Waals surface area contributed by atoms with Crippen molar-refractivity contribution < 1.29 is 23.8 Å². The molecule has 0 aromatic heterocycles. The van der Waals surface area contributed by atoms with Crippen LogP contribution in [-0.4, -0.2) is 30.1 Å². The molecule has 0 unspecified atom stereocenters. The van der Waals surface area contributed by atoms with E-state index in [1.165, 1.54) is 19.2 Å². The van der Waals surface area contributed by atoms with Crippen LogP contribution in [-0.2, 0) is 4.79 Å². The molecule has 0 aliphatic rings. The lowest BCUT2D eigenvalue weighted by Gasteiger charge is -2.16. The molecule has 0 aliphatic carbocycles. The number of halogens is 1. The quantitative estimate of drug-likeness (QED) is 0.838. The molecular formula is C14H18FNO4. The highest BCUT2D eigenvalue weighted by Crippen LogP contribution is 2.16. The fourth-order valence-corrected chi connectivity index (χ4v) is 1.74. The van der Waals surface area contributed by atoms with Crippen molar-refractivity contribution in [2.45, 2.75) is 26.3 Å². The third-order valence-corrected chi connectivity index (χ3v) is 2.73. The van der Waals surface area contributed by atoms with Gasteiger partial charge in [-0.05, 0) is 24.5 Å². The summed E-state index contributed by atoms with van der Waals surface area (Å²) in [5.74, 6) is -2.26. The fraction of sp³-hybridized carbons (Fsp3) is 0.429. The minimum atomic E-state index is -1.14. The number of methoxy groups -OCH3 is 1. The largest absolute Gasteiger partial charge is 0.497 e. The zero-order valence-corrected chi connectivity index (χ0v) is 11.6. The van der Waals surface area contributed by atoms with Crippen LogP contribution in [0.4, 0.5) is 4.39 Å². The zero-order chi connectivity index (χ0) is 15.3. The number of carbonyl (C=O) groups is 2. The molecule has 1 rings (SSSR count). The van der Waals surface area contributed by atoms with Crippen molar-refractivity contribution in [2.75, 3.05) is 7.11 Å². The summed E-state index contributed by atoms with van der Waals surface area (Å²) in [5.41, 5.74) is -0.208. The minimum Gasteiger partial charge on any atom is -0.497 e. The molecule has 110 valence electrons. The van der Waals surface area contributed by atoms with E-state index < -0.39 is 23.7 Å². The van der Waals surface area contributed by atoms with Gasteiger partial charge in [-0.15, -0.1) is 0 Å². The summed E-state index contributed by atoms with van der Waals surface area (Å²) >= 11 is 0. The second-order valence-corrected chi connectivity index (χ2v) is 4.84. The SMILES string of the molecule is COc1ccc(C(=O)N[C@@H](CC(C)C)C(=O)O)c(F)c1. The summed E-state index contributed by atoms with van der Waals surface area (Å²) in [4.78, 5) is 23.0. The summed E-state index contributed by atoms with van der Waals surface area (Å²) in [7, 11) is 1.39. The van der Waals surface area contributed by atoms with Crippen LogP contribution in [0.15, 0.2) is 18.2 Å². The monoisotopic (exact) mass is 283 g/mol. The van der Waals surface area contributed by atoms with Crippen molar-refractivity contribution in [1.82, 2.24) is 5.32 Å². The number of amides is 1. The van der Waals surface area contributed by atoms with Gasteiger partial charge in [0, 0.05) is 6.07 Å². The normalized spacial score (nSPS) is 12.1. The number of nitrogens with one attached hydrogen (secondary N) is 1. The first kappa shape index (κ1) is 15.9.